The van der Waals surface area contributed by atoms with Crippen molar-refractivity contribution in [3.05, 3.63) is 48.3 Å². The number of aromatic nitrogens is 2. The van der Waals surface area contributed by atoms with Crippen LogP contribution in [0.3, 0.4) is 0 Å². The highest BCUT2D eigenvalue weighted by molar-refractivity contribution is 5.90. The predicted octanol–water partition coefficient (Wildman–Crippen LogP) is 4.27. The van der Waals surface area contributed by atoms with Gasteiger partial charge in [-0.2, -0.15) is 0 Å². The SMILES string of the molecule is COc1ccc(NC(=O)NCc2ccnc3c2ccn3CC(=O)N(C)C)cc1OCCCC(C)C. The van der Waals surface area contributed by atoms with Gasteiger partial charge < -0.3 is 29.6 Å². The number of methoxy groups -OCH3 is 1. The second-order valence-electron chi connectivity index (χ2n) is 9.00. The maximum absolute atomic E-state index is 12.6. The van der Waals surface area contributed by atoms with E-state index in [2.05, 4.69) is 29.5 Å². The number of carbonyl (C=O) groups excluding carboxylic acids is 2. The molecule has 0 radical (unpaired) electrons. The van der Waals surface area contributed by atoms with Crippen LogP contribution in [-0.2, 0) is 17.9 Å². The molecule has 2 heterocycles. The first kappa shape index (κ1) is 25.9. The Morgan fingerprint density at radius 3 is 2.66 bits per heavy atom. The number of benzene rings is 1. The minimum absolute atomic E-state index is 0.0185. The lowest BCUT2D eigenvalue weighted by atomic mass is 10.1. The van der Waals surface area contributed by atoms with Crippen LogP contribution in [0.25, 0.3) is 11.0 Å². The minimum atomic E-state index is -0.340. The Morgan fingerprint density at radius 1 is 1.14 bits per heavy atom. The number of hydrogen-bond donors (Lipinski definition) is 2. The number of carbonyl (C=O) groups is 2. The van der Waals surface area contributed by atoms with Crippen LogP contribution in [0.5, 0.6) is 11.5 Å². The molecule has 9 nitrogen and oxygen atoms in total. The maximum atomic E-state index is 12.6. The van der Waals surface area contributed by atoms with Crippen LogP contribution in [0.15, 0.2) is 42.7 Å². The van der Waals surface area contributed by atoms with Crippen molar-refractivity contribution in [1.82, 2.24) is 19.8 Å². The summed E-state index contributed by atoms with van der Waals surface area (Å²) in [6, 6.07) is 8.74. The third kappa shape index (κ3) is 7.11. The molecule has 2 aromatic heterocycles. The summed E-state index contributed by atoms with van der Waals surface area (Å²) < 4.78 is 13.1. The number of nitrogens with zero attached hydrogens (tertiary/aromatic N) is 3. The molecule has 0 fully saturated rings. The largest absolute Gasteiger partial charge is 0.493 e. The van der Waals surface area contributed by atoms with Crippen LogP contribution in [0.1, 0.15) is 32.3 Å². The van der Waals surface area contributed by atoms with E-state index in [0.717, 1.165) is 23.8 Å². The second-order valence-corrected chi connectivity index (χ2v) is 9.00. The van der Waals surface area contributed by atoms with E-state index < -0.39 is 0 Å². The molecule has 0 aliphatic carbocycles. The number of urea groups is 1. The normalized spacial score (nSPS) is 10.9. The molecule has 0 atom stereocenters. The molecule has 0 unspecified atom stereocenters. The van der Waals surface area contributed by atoms with Crippen molar-refractivity contribution < 1.29 is 19.1 Å². The zero-order valence-electron chi connectivity index (χ0n) is 21.1. The van der Waals surface area contributed by atoms with E-state index in [-0.39, 0.29) is 18.5 Å². The van der Waals surface area contributed by atoms with Gasteiger partial charge >= 0.3 is 6.03 Å². The van der Waals surface area contributed by atoms with Crippen molar-refractivity contribution in [3.8, 4) is 11.5 Å². The van der Waals surface area contributed by atoms with Crippen molar-refractivity contribution in [2.75, 3.05) is 33.1 Å². The summed E-state index contributed by atoms with van der Waals surface area (Å²) in [5, 5.41) is 6.62. The van der Waals surface area contributed by atoms with E-state index in [9.17, 15) is 9.59 Å². The highest BCUT2D eigenvalue weighted by Crippen LogP contribution is 2.30. The quantitative estimate of drug-likeness (QED) is 0.399. The zero-order valence-corrected chi connectivity index (χ0v) is 21.1. The number of rotatable bonds is 11. The van der Waals surface area contributed by atoms with Gasteiger partial charge in [-0.05, 0) is 48.6 Å². The van der Waals surface area contributed by atoms with Crippen LogP contribution in [0, 0.1) is 5.92 Å². The highest BCUT2D eigenvalue weighted by atomic mass is 16.5. The topological polar surface area (TPSA) is 97.7 Å². The molecule has 3 amide bonds. The summed E-state index contributed by atoms with van der Waals surface area (Å²) in [7, 11) is 5.04. The molecule has 0 saturated carbocycles. The summed E-state index contributed by atoms with van der Waals surface area (Å²) in [6.45, 7) is 5.47. The highest BCUT2D eigenvalue weighted by Gasteiger charge is 2.13. The van der Waals surface area contributed by atoms with E-state index in [0.29, 0.717) is 41.9 Å². The molecule has 35 heavy (non-hydrogen) atoms. The van der Waals surface area contributed by atoms with Crippen molar-refractivity contribution in [2.24, 2.45) is 5.92 Å². The zero-order chi connectivity index (χ0) is 25.4. The summed E-state index contributed by atoms with van der Waals surface area (Å²) in [4.78, 5) is 30.6. The van der Waals surface area contributed by atoms with Gasteiger partial charge in [-0.25, -0.2) is 9.78 Å². The minimum Gasteiger partial charge on any atom is -0.493 e. The van der Waals surface area contributed by atoms with Gasteiger partial charge in [-0.3, -0.25) is 4.79 Å². The summed E-state index contributed by atoms with van der Waals surface area (Å²) >= 11 is 0. The Labute approximate surface area is 206 Å². The first-order valence-corrected chi connectivity index (χ1v) is 11.8. The van der Waals surface area contributed by atoms with Gasteiger partial charge in [0.2, 0.25) is 5.91 Å². The van der Waals surface area contributed by atoms with Gasteiger partial charge in [-0.15, -0.1) is 0 Å². The Bertz CT molecular complexity index is 1160. The number of pyridine rings is 1. The molecule has 0 bridgehead atoms. The van der Waals surface area contributed by atoms with E-state index in [1.165, 1.54) is 0 Å². The molecule has 2 N–H and O–H groups in total. The van der Waals surface area contributed by atoms with Crippen LogP contribution < -0.4 is 20.1 Å². The fraction of sp³-hybridized carbons (Fsp3) is 0.423. The molecule has 1 aromatic carbocycles. The van der Waals surface area contributed by atoms with Crippen molar-refractivity contribution in [1.29, 1.82) is 0 Å². The predicted molar refractivity (Wildman–Crippen MR) is 137 cm³/mol. The monoisotopic (exact) mass is 481 g/mol. The molecule has 188 valence electrons. The van der Waals surface area contributed by atoms with E-state index in [4.69, 9.17) is 9.47 Å². The van der Waals surface area contributed by atoms with Gasteiger partial charge in [0, 0.05) is 50.2 Å². The van der Waals surface area contributed by atoms with E-state index in [1.807, 2.05) is 18.3 Å². The van der Waals surface area contributed by atoms with Crippen LogP contribution in [0.4, 0.5) is 10.5 Å². The van der Waals surface area contributed by atoms with Crippen LogP contribution in [-0.4, -0.2) is 54.2 Å². The molecule has 0 aliphatic rings. The van der Waals surface area contributed by atoms with Crippen LogP contribution >= 0.6 is 0 Å². The molecule has 0 saturated heterocycles. The maximum Gasteiger partial charge on any atom is 0.319 e. The molecule has 3 aromatic rings. The van der Waals surface area contributed by atoms with Gasteiger partial charge in [0.25, 0.3) is 0 Å². The standard InChI is InChI=1S/C26H35N5O4/c1-18(2)7-6-14-35-23-15-20(8-9-22(23)34-5)29-26(33)28-16-19-10-12-27-25-21(19)11-13-31(25)17-24(32)30(3)4/h8-13,15,18H,6-7,14,16-17H2,1-5H3,(H2,28,29,33). The van der Waals surface area contributed by atoms with Gasteiger partial charge in [-0.1, -0.05) is 13.8 Å². The van der Waals surface area contributed by atoms with Gasteiger partial charge in [0.05, 0.1) is 13.7 Å². The number of nitrogens with one attached hydrogen (secondary N) is 2. The Morgan fingerprint density at radius 2 is 1.94 bits per heavy atom. The average Bonchev–Trinajstić information content (AvgIpc) is 3.23. The average molecular weight is 482 g/mol. The van der Waals surface area contributed by atoms with Gasteiger partial charge in [0.15, 0.2) is 11.5 Å². The lowest BCUT2D eigenvalue weighted by molar-refractivity contribution is -0.129. The molecule has 0 spiro atoms. The number of hydrogen-bond acceptors (Lipinski definition) is 5. The second kappa shape index (κ2) is 12.1. The first-order valence-electron chi connectivity index (χ1n) is 11.8. The summed E-state index contributed by atoms with van der Waals surface area (Å²) in [6.07, 6.45) is 5.55. The number of ether oxygens (including phenoxy) is 2. The third-order valence-electron chi connectivity index (χ3n) is 5.60. The molecule has 0 aliphatic heterocycles. The molecule has 9 heteroatoms. The number of likely N-dealkylation sites (N-methyl/N-ethyl adjacent to an activating group) is 1. The first-order chi connectivity index (χ1) is 16.8. The summed E-state index contributed by atoms with van der Waals surface area (Å²) in [5.74, 6) is 1.82. The third-order valence-corrected chi connectivity index (χ3v) is 5.60. The fourth-order valence-corrected chi connectivity index (χ4v) is 3.61. The van der Waals surface area contributed by atoms with E-state index >= 15 is 0 Å². The smallest absolute Gasteiger partial charge is 0.319 e. The molecular formula is C26H35N5O4. The summed E-state index contributed by atoms with van der Waals surface area (Å²) in [5.41, 5.74) is 2.22. The van der Waals surface area contributed by atoms with Crippen LogP contribution in [0.2, 0.25) is 0 Å². The van der Waals surface area contributed by atoms with Crippen molar-refractivity contribution in [3.63, 3.8) is 0 Å². The number of anilines is 1. The molecule has 3 rings (SSSR count). The molecular weight excluding hydrogens is 446 g/mol. The fourth-order valence-electron chi connectivity index (χ4n) is 3.61. The lowest BCUT2D eigenvalue weighted by Gasteiger charge is -2.14. The van der Waals surface area contributed by atoms with Crippen molar-refractivity contribution >= 4 is 28.7 Å². The van der Waals surface area contributed by atoms with Gasteiger partial charge in [0.1, 0.15) is 12.2 Å². The van der Waals surface area contributed by atoms with E-state index in [1.54, 1.807) is 55.1 Å². The Balaban J connectivity index is 1.61. The Hall–Kier alpha value is -3.75. The van der Waals surface area contributed by atoms with Crippen molar-refractivity contribution in [2.45, 2.75) is 39.8 Å². The Kier molecular flexibility index (Phi) is 8.94. The lowest BCUT2D eigenvalue weighted by Crippen LogP contribution is -2.28. The number of amides is 3. The number of fused-ring (bicyclic) bond motifs is 1.